The first-order valence-corrected chi connectivity index (χ1v) is 9.52. The van der Waals surface area contributed by atoms with Gasteiger partial charge in [0, 0.05) is 10.9 Å². The summed E-state index contributed by atoms with van der Waals surface area (Å²) >= 11 is 1.64. The number of aldehydes is 1. The summed E-state index contributed by atoms with van der Waals surface area (Å²) in [7, 11) is 0. The Labute approximate surface area is 169 Å². The number of rotatable bonds is 4. The lowest BCUT2D eigenvalue weighted by molar-refractivity contribution is 0.112. The monoisotopic (exact) mass is 385 g/mol. The second-order valence-corrected chi connectivity index (χ2v) is 7.08. The molecule has 0 bridgehead atoms. The lowest BCUT2D eigenvalue weighted by atomic mass is 10.1. The summed E-state index contributed by atoms with van der Waals surface area (Å²) in [5, 5.41) is 20.3. The van der Waals surface area contributed by atoms with Crippen LogP contribution in [0.15, 0.2) is 53.9 Å². The molecule has 3 rings (SSSR count). The van der Waals surface area contributed by atoms with E-state index in [0.717, 1.165) is 22.6 Å². The molecule has 2 aromatic carbocycles. The fraction of sp³-hybridized carbons (Fsp3) is 0.130. The molecule has 1 heterocycles. The van der Waals surface area contributed by atoms with E-state index in [1.54, 1.807) is 41.7 Å². The molecule has 4 nitrogen and oxygen atoms in total. The van der Waals surface area contributed by atoms with Crippen molar-refractivity contribution in [3.05, 3.63) is 86.9 Å². The number of thiazole rings is 1. The third-order valence-corrected chi connectivity index (χ3v) is 4.55. The number of hydrogen-bond acceptors (Lipinski definition) is 5. The van der Waals surface area contributed by atoms with Gasteiger partial charge in [-0.25, -0.2) is 4.98 Å². The standard InChI is InChI=1S/C15H14N2S.C8H5NO/c1-11(2)14-10-18-15(17-14)7-6-12-4-3-5-13(8-12)9-16;9-5-7-2-1-3-8(4-7)6-10/h3-8,10-11H,1-2H3;1-4,6H. The minimum absolute atomic E-state index is 0.463. The molecule has 0 fully saturated rings. The third-order valence-electron chi connectivity index (χ3n) is 3.72. The molecule has 0 atom stereocenters. The second kappa shape index (κ2) is 10.6. The Bertz CT molecular complexity index is 1050. The number of carbonyl (C=O) groups excluding carboxylic acids is 1. The van der Waals surface area contributed by atoms with Gasteiger partial charge in [-0.2, -0.15) is 10.5 Å². The zero-order chi connectivity index (χ0) is 20.4. The van der Waals surface area contributed by atoms with Gasteiger partial charge < -0.3 is 0 Å². The number of carbonyl (C=O) groups is 1. The minimum Gasteiger partial charge on any atom is -0.298 e. The summed E-state index contributed by atoms with van der Waals surface area (Å²) in [5.41, 5.74) is 3.89. The van der Waals surface area contributed by atoms with Crippen molar-refractivity contribution in [2.45, 2.75) is 19.8 Å². The predicted octanol–water partition coefficient (Wildman–Crippen LogP) is 5.68. The van der Waals surface area contributed by atoms with E-state index >= 15 is 0 Å². The molecule has 3 aromatic rings. The van der Waals surface area contributed by atoms with Gasteiger partial charge in [-0.15, -0.1) is 11.3 Å². The Morgan fingerprint density at radius 2 is 1.57 bits per heavy atom. The van der Waals surface area contributed by atoms with E-state index in [9.17, 15) is 4.79 Å². The van der Waals surface area contributed by atoms with Crippen LogP contribution in [0, 0.1) is 22.7 Å². The molecule has 1 aromatic heterocycles. The number of aromatic nitrogens is 1. The minimum atomic E-state index is 0.463. The van der Waals surface area contributed by atoms with Gasteiger partial charge in [-0.05, 0) is 41.8 Å². The summed E-state index contributed by atoms with van der Waals surface area (Å²) in [5.74, 6) is 0.463. The number of nitriles is 2. The number of hydrogen-bond donors (Lipinski definition) is 0. The average Bonchev–Trinajstić information content (AvgIpc) is 3.22. The zero-order valence-electron chi connectivity index (χ0n) is 15.7. The van der Waals surface area contributed by atoms with Gasteiger partial charge in [0.15, 0.2) is 0 Å². The van der Waals surface area contributed by atoms with Crippen LogP contribution in [0.5, 0.6) is 0 Å². The van der Waals surface area contributed by atoms with Crippen molar-refractivity contribution in [3.63, 3.8) is 0 Å². The molecule has 28 heavy (non-hydrogen) atoms. The van der Waals surface area contributed by atoms with E-state index in [1.807, 2.05) is 36.4 Å². The summed E-state index contributed by atoms with van der Waals surface area (Å²) in [6, 6.07) is 18.2. The van der Waals surface area contributed by atoms with E-state index in [1.165, 1.54) is 0 Å². The van der Waals surface area contributed by atoms with Crippen LogP contribution in [0.25, 0.3) is 12.2 Å². The van der Waals surface area contributed by atoms with Gasteiger partial charge in [-0.1, -0.05) is 44.2 Å². The van der Waals surface area contributed by atoms with Crippen LogP contribution >= 0.6 is 11.3 Å². The van der Waals surface area contributed by atoms with Gasteiger partial charge in [0.2, 0.25) is 0 Å². The van der Waals surface area contributed by atoms with Gasteiger partial charge in [0.05, 0.1) is 29.0 Å². The Morgan fingerprint density at radius 1 is 0.964 bits per heavy atom. The van der Waals surface area contributed by atoms with Crippen molar-refractivity contribution in [2.75, 3.05) is 0 Å². The topological polar surface area (TPSA) is 77.5 Å². The maximum atomic E-state index is 10.2. The maximum Gasteiger partial charge on any atom is 0.150 e. The summed E-state index contributed by atoms with van der Waals surface area (Å²) in [6.45, 7) is 4.28. The molecule has 0 radical (unpaired) electrons. The smallest absolute Gasteiger partial charge is 0.150 e. The van der Waals surface area contributed by atoms with Gasteiger partial charge in [-0.3, -0.25) is 4.79 Å². The van der Waals surface area contributed by atoms with Crippen molar-refractivity contribution >= 4 is 29.8 Å². The normalized spacial score (nSPS) is 10.0. The highest BCUT2D eigenvalue weighted by molar-refractivity contribution is 7.10. The Balaban J connectivity index is 0.000000237. The first-order chi connectivity index (χ1) is 13.5. The lowest BCUT2D eigenvalue weighted by Gasteiger charge is -1.96. The van der Waals surface area contributed by atoms with Crippen LogP contribution in [-0.2, 0) is 0 Å². The van der Waals surface area contributed by atoms with Crippen LogP contribution in [0.4, 0.5) is 0 Å². The van der Waals surface area contributed by atoms with E-state index < -0.39 is 0 Å². The molecular weight excluding hydrogens is 366 g/mol. The Hall–Kier alpha value is -3.54. The van der Waals surface area contributed by atoms with Crippen LogP contribution in [0.2, 0.25) is 0 Å². The van der Waals surface area contributed by atoms with Gasteiger partial charge in [0.25, 0.3) is 0 Å². The van der Waals surface area contributed by atoms with Crippen LogP contribution < -0.4 is 0 Å². The van der Waals surface area contributed by atoms with Crippen molar-refractivity contribution in [1.82, 2.24) is 4.98 Å². The highest BCUT2D eigenvalue weighted by atomic mass is 32.1. The quantitative estimate of drug-likeness (QED) is 0.541. The largest absolute Gasteiger partial charge is 0.298 e. The van der Waals surface area contributed by atoms with Crippen LogP contribution in [-0.4, -0.2) is 11.3 Å². The zero-order valence-corrected chi connectivity index (χ0v) is 16.5. The number of benzene rings is 2. The van der Waals surface area contributed by atoms with Crippen molar-refractivity contribution in [1.29, 1.82) is 10.5 Å². The molecule has 0 aliphatic carbocycles. The molecule has 0 unspecified atom stereocenters. The van der Waals surface area contributed by atoms with E-state index in [2.05, 4.69) is 30.3 Å². The molecule has 5 heteroatoms. The molecular formula is C23H19N3OS. The molecule has 0 aliphatic heterocycles. The highest BCUT2D eigenvalue weighted by Crippen LogP contribution is 2.19. The van der Waals surface area contributed by atoms with Crippen molar-refractivity contribution in [2.24, 2.45) is 0 Å². The Morgan fingerprint density at radius 3 is 2.11 bits per heavy atom. The summed E-state index contributed by atoms with van der Waals surface area (Å²) in [4.78, 5) is 14.7. The van der Waals surface area contributed by atoms with E-state index in [0.29, 0.717) is 22.6 Å². The van der Waals surface area contributed by atoms with Crippen molar-refractivity contribution in [3.8, 4) is 12.1 Å². The molecule has 0 aliphatic rings. The first kappa shape index (κ1) is 20.8. The summed E-state index contributed by atoms with van der Waals surface area (Å²) < 4.78 is 0. The molecule has 0 saturated carbocycles. The molecule has 0 N–H and O–H groups in total. The highest BCUT2D eigenvalue weighted by Gasteiger charge is 2.03. The van der Waals surface area contributed by atoms with Gasteiger partial charge >= 0.3 is 0 Å². The van der Waals surface area contributed by atoms with Crippen molar-refractivity contribution < 1.29 is 4.79 Å². The second-order valence-electron chi connectivity index (χ2n) is 6.19. The fourth-order valence-corrected chi connectivity index (χ4v) is 3.07. The van der Waals surface area contributed by atoms with Gasteiger partial charge in [0.1, 0.15) is 11.3 Å². The molecule has 138 valence electrons. The Kier molecular flexibility index (Phi) is 7.84. The van der Waals surface area contributed by atoms with Crippen LogP contribution in [0.3, 0.4) is 0 Å². The summed E-state index contributed by atoms with van der Waals surface area (Å²) in [6.07, 6.45) is 4.71. The van der Waals surface area contributed by atoms with E-state index in [4.69, 9.17) is 10.5 Å². The third kappa shape index (κ3) is 6.32. The number of nitrogens with zero attached hydrogens (tertiary/aromatic N) is 3. The molecule has 0 amide bonds. The lowest BCUT2D eigenvalue weighted by Crippen LogP contribution is -1.85. The van der Waals surface area contributed by atoms with Crippen LogP contribution in [0.1, 0.15) is 57.5 Å². The molecule has 0 spiro atoms. The maximum absolute atomic E-state index is 10.2. The first-order valence-electron chi connectivity index (χ1n) is 8.64. The molecule has 0 saturated heterocycles. The van der Waals surface area contributed by atoms with E-state index in [-0.39, 0.29) is 0 Å². The predicted molar refractivity (Wildman–Crippen MR) is 113 cm³/mol. The fourth-order valence-electron chi connectivity index (χ4n) is 2.20. The SMILES string of the molecule is CC(C)c1csc(C=Cc2cccc(C#N)c2)n1.N#Cc1cccc(C=O)c1. The average molecular weight is 385 g/mol.